The van der Waals surface area contributed by atoms with Crippen LogP contribution < -0.4 is 0 Å². The zero-order valence-corrected chi connectivity index (χ0v) is 8.58. The highest BCUT2D eigenvalue weighted by Crippen LogP contribution is 2.33. The Hall–Kier alpha value is -0.690. The van der Waals surface area contributed by atoms with E-state index < -0.39 is 36.7 Å². The number of esters is 1. The van der Waals surface area contributed by atoms with E-state index in [0.29, 0.717) is 6.61 Å². The van der Waals surface area contributed by atoms with E-state index in [1.807, 2.05) is 0 Å². The van der Waals surface area contributed by atoms with Crippen LogP contribution in [0.1, 0.15) is 6.92 Å². The smallest absolute Gasteiger partial charge is 0.338 e. The summed E-state index contributed by atoms with van der Waals surface area (Å²) in [7, 11) is 1.40. The molecular formula is C9H14O6. The molecular weight excluding hydrogens is 204 g/mol. The molecule has 0 aromatic heterocycles. The van der Waals surface area contributed by atoms with Gasteiger partial charge < -0.3 is 24.1 Å². The lowest BCUT2D eigenvalue weighted by Gasteiger charge is -2.17. The molecule has 6 heteroatoms. The number of hydrogen-bond acceptors (Lipinski definition) is 6. The van der Waals surface area contributed by atoms with Gasteiger partial charge >= 0.3 is 5.97 Å². The molecule has 86 valence electrons. The maximum Gasteiger partial charge on any atom is 0.338 e. The van der Waals surface area contributed by atoms with E-state index in [-0.39, 0.29) is 0 Å². The van der Waals surface area contributed by atoms with Gasteiger partial charge in [-0.15, -0.1) is 0 Å². The fourth-order valence-corrected chi connectivity index (χ4v) is 1.91. The highest BCUT2D eigenvalue weighted by Gasteiger charge is 2.57. The number of carbonyl (C=O) groups excluding carboxylic acids is 1. The van der Waals surface area contributed by atoms with E-state index in [1.165, 1.54) is 7.11 Å². The lowest BCUT2D eigenvalue weighted by atomic mass is 10.1. The van der Waals surface area contributed by atoms with E-state index >= 15 is 0 Å². The first-order valence-electron chi connectivity index (χ1n) is 4.87. The van der Waals surface area contributed by atoms with Crippen LogP contribution in [0.15, 0.2) is 0 Å². The average Bonchev–Trinajstić information content (AvgIpc) is 2.66. The minimum atomic E-state index is -0.945. The summed E-state index contributed by atoms with van der Waals surface area (Å²) < 4.78 is 20.4. The van der Waals surface area contributed by atoms with Gasteiger partial charge in [0.15, 0.2) is 18.5 Å². The van der Waals surface area contributed by atoms with Gasteiger partial charge in [0.2, 0.25) is 0 Å². The van der Waals surface area contributed by atoms with Crippen LogP contribution >= 0.6 is 0 Å². The van der Waals surface area contributed by atoms with Crippen molar-refractivity contribution in [3.05, 3.63) is 0 Å². The third kappa shape index (κ3) is 1.63. The number of aliphatic hydroxyl groups excluding tert-OH is 1. The molecule has 0 amide bonds. The Bertz CT molecular complexity index is 255. The van der Waals surface area contributed by atoms with Crippen molar-refractivity contribution in [3.8, 4) is 0 Å². The molecule has 15 heavy (non-hydrogen) atoms. The Kier molecular flexibility index (Phi) is 2.92. The minimum Gasteiger partial charge on any atom is -0.454 e. The molecule has 2 saturated heterocycles. The molecule has 2 aliphatic heterocycles. The van der Waals surface area contributed by atoms with E-state index in [0.717, 1.165) is 0 Å². The quantitative estimate of drug-likeness (QED) is 0.615. The van der Waals surface area contributed by atoms with Crippen LogP contribution in [-0.2, 0) is 23.7 Å². The van der Waals surface area contributed by atoms with Gasteiger partial charge in [0.05, 0.1) is 0 Å². The molecule has 0 saturated carbocycles. The predicted octanol–water partition coefficient (Wildman–Crippen LogP) is -0.951. The van der Waals surface area contributed by atoms with Gasteiger partial charge in [-0.25, -0.2) is 4.79 Å². The molecule has 1 N–H and O–H groups in total. The second kappa shape index (κ2) is 4.05. The zero-order chi connectivity index (χ0) is 11.0. The van der Waals surface area contributed by atoms with Gasteiger partial charge in [-0.3, -0.25) is 0 Å². The van der Waals surface area contributed by atoms with Crippen molar-refractivity contribution in [1.82, 2.24) is 0 Å². The maximum atomic E-state index is 11.2. The normalized spacial score (nSPS) is 44.2. The van der Waals surface area contributed by atoms with Gasteiger partial charge in [-0.2, -0.15) is 0 Å². The maximum absolute atomic E-state index is 11.2. The molecule has 0 aromatic rings. The lowest BCUT2D eigenvalue weighted by molar-refractivity contribution is -0.187. The topological polar surface area (TPSA) is 74.2 Å². The van der Waals surface area contributed by atoms with Crippen molar-refractivity contribution in [2.75, 3.05) is 13.7 Å². The Balaban J connectivity index is 2.08. The fourth-order valence-electron chi connectivity index (χ4n) is 1.91. The standard InChI is InChI=1S/C9H14O6/c1-3-13-9-4(10)5-6(15-9)7(12-2)8(11)14-5/h4-7,9-10H,3H2,1-2H3/t4-,5-,6+,7+,9-/m1/s1. The summed E-state index contributed by atoms with van der Waals surface area (Å²) in [6, 6.07) is 0. The van der Waals surface area contributed by atoms with E-state index in [1.54, 1.807) is 6.92 Å². The molecule has 0 radical (unpaired) electrons. The number of rotatable bonds is 3. The molecule has 5 atom stereocenters. The van der Waals surface area contributed by atoms with Crippen LogP contribution in [0.3, 0.4) is 0 Å². The van der Waals surface area contributed by atoms with Crippen molar-refractivity contribution < 1.29 is 28.8 Å². The summed E-state index contributed by atoms with van der Waals surface area (Å²) in [4.78, 5) is 11.2. The summed E-state index contributed by atoms with van der Waals surface area (Å²) >= 11 is 0. The summed E-state index contributed by atoms with van der Waals surface area (Å²) in [5.41, 5.74) is 0. The van der Waals surface area contributed by atoms with Crippen molar-refractivity contribution >= 4 is 5.97 Å². The predicted molar refractivity (Wildman–Crippen MR) is 47.0 cm³/mol. The summed E-state index contributed by atoms with van der Waals surface area (Å²) in [6.45, 7) is 2.22. The van der Waals surface area contributed by atoms with Crippen molar-refractivity contribution in [2.45, 2.75) is 37.6 Å². The van der Waals surface area contributed by atoms with Crippen molar-refractivity contribution in [1.29, 1.82) is 0 Å². The van der Waals surface area contributed by atoms with Crippen LogP contribution in [0.5, 0.6) is 0 Å². The molecule has 2 fully saturated rings. The third-order valence-electron chi connectivity index (χ3n) is 2.60. The number of hydrogen-bond donors (Lipinski definition) is 1. The molecule has 0 aliphatic carbocycles. The van der Waals surface area contributed by atoms with Gasteiger partial charge in [-0.1, -0.05) is 0 Å². The molecule has 6 nitrogen and oxygen atoms in total. The summed E-state index contributed by atoms with van der Waals surface area (Å²) in [5, 5.41) is 9.74. The SMILES string of the molecule is CCO[C@@H]1O[C@H]2[C@H](OC(=O)[C@H]2OC)[C@H]1O. The Morgan fingerprint density at radius 3 is 2.80 bits per heavy atom. The molecule has 2 rings (SSSR count). The summed E-state index contributed by atoms with van der Waals surface area (Å²) in [6.07, 6.45) is -3.71. The monoisotopic (exact) mass is 218 g/mol. The first-order valence-corrected chi connectivity index (χ1v) is 4.87. The second-order valence-corrected chi connectivity index (χ2v) is 3.47. The summed E-state index contributed by atoms with van der Waals surface area (Å²) in [5.74, 6) is -0.499. The number of ether oxygens (including phenoxy) is 4. The third-order valence-corrected chi connectivity index (χ3v) is 2.60. The van der Waals surface area contributed by atoms with Crippen LogP contribution in [0.25, 0.3) is 0 Å². The molecule has 0 aromatic carbocycles. The largest absolute Gasteiger partial charge is 0.454 e. The van der Waals surface area contributed by atoms with Crippen LogP contribution in [0.4, 0.5) is 0 Å². The number of fused-ring (bicyclic) bond motifs is 1. The fraction of sp³-hybridized carbons (Fsp3) is 0.889. The van der Waals surface area contributed by atoms with Crippen LogP contribution in [0, 0.1) is 0 Å². The lowest BCUT2D eigenvalue weighted by Crippen LogP contribution is -2.33. The highest BCUT2D eigenvalue weighted by molar-refractivity contribution is 5.78. The highest BCUT2D eigenvalue weighted by atomic mass is 16.7. The molecule has 0 bridgehead atoms. The first-order chi connectivity index (χ1) is 7.19. The minimum absolute atomic E-state index is 0.423. The van der Waals surface area contributed by atoms with E-state index in [9.17, 15) is 9.90 Å². The number of methoxy groups -OCH3 is 1. The Morgan fingerprint density at radius 1 is 1.47 bits per heavy atom. The van der Waals surface area contributed by atoms with Crippen molar-refractivity contribution in [3.63, 3.8) is 0 Å². The van der Waals surface area contributed by atoms with Gasteiger partial charge in [0, 0.05) is 13.7 Å². The van der Waals surface area contributed by atoms with Gasteiger partial charge in [0.1, 0.15) is 12.2 Å². The Labute approximate surface area is 87.1 Å². The molecule has 2 heterocycles. The van der Waals surface area contributed by atoms with E-state index in [4.69, 9.17) is 18.9 Å². The average molecular weight is 218 g/mol. The molecule has 2 aliphatic rings. The first kappa shape index (κ1) is 10.8. The Morgan fingerprint density at radius 2 is 2.20 bits per heavy atom. The number of aliphatic hydroxyl groups is 1. The number of carbonyl (C=O) groups is 1. The van der Waals surface area contributed by atoms with Gasteiger partial charge in [0.25, 0.3) is 0 Å². The van der Waals surface area contributed by atoms with Crippen LogP contribution in [-0.4, -0.2) is 55.5 Å². The van der Waals surface area contributed by atoms with Crippen LogP contribution in [0.2, 0.25) is 0 Å². The zero-order valence-electron chi connectivity index (χ0n) is 8.58. The molecule has 0 unspecified atom stereocenters. The van der Waals surface area contributed by atoms with E-state index in [2.05, 4.69) is 0 Å². The second-order valence-electron chi connectivity index (χ2n) is 3.47. The van der Waals surface area contributed by atoms with Gasteiger partial charge in [-0.05, 0) is 6.92 Å². The van der Waals surface area contributed by atoms with Crippen molar-refractivity contribution in [2.24, 2.45) is 0 Å². The molecule has 0 spiro atoms.